The highest BCUT2D eigenvalue weighted by Gasteiger charge is 2.35. The number of aryl methyl sites for hydroxylation is 2. The van der Waals surface area contributed by atoms with Crippen LogP contribution in [0.1, 0.15) is 81.0 Å². The number of rotatable bonds is 16. The van der Waals surface area contributed by atoms with E-state index in [1.165, 1.54) is 5.56 Å². The molecule has 10 heteroatoms. The minimum Gasteiger partial charge on any atom is -0.494 e. The van der Waals surface area contributed by atoms with Crippen LogP contribution in [-0.2, 0) is 32.0 Å². The molecule has 2 amide bonds. The van der Waals surface area contributed by atoms with Gasteiger partial charge in [0.2, 0.25) is 5.91 Å². The predicted octanol–water partition coefficient (Wildman–Crippen LogP) is 7.87. The topological polar surface area (TPSA) is 96.0 Å². The maximum Gasteiger partial charge on any atom is 0.410 e. The van der Waals surface area contributed by atoms with Gasteiger partial charge in [-0.05, 0) is 106 Å². The Balaban J connectivity index is 1.20. The molecule has 0 N–H and O–H groups in total. The number of piperidine rings is 1. The Morgan fingerprint density at radius 2 is 1.67 bits per heavy atom. The molecule has 2 heterocycles. The Morgan fingerprint density at radius 3 is 2.40 bits per heavy atom. The highest BCUT2D eigenvalue weighted by molar-refractivity contribution is 5.96. The van der Waals surface area contributed by atoms with Crippen LogP contribution < -0.4 is 19.1 Å². The summed E-state index contributed by atoms with van der Waals surface area (Å²) in [5, 5.41) is 0. The molecule has 52 heavy (non-hydrogen) atoms. The number of hydrogen-bond acceptors (Lipinski definition) is 8. The molecule has 0 spiro atoms. The number of carbonyl (C=O) groups excluding carboxylic acids is 2. The molecule has 2 unspecified atom stereocenters. The Labute approximate surface area is 309 Å². The second-order valence-corrected chi connectivity index (χ2v) is 14.6. The van der Waals surface area contributed by atoms with Gasteiger partial charge in [-0.15, -0.1) is 0 Å². The third kappa shape index (κ3) is 10.6. The van der Waals surface area contributed by atoms with Crippen LogP contribution in [0.4, 0.5) is 10.5 Å². The van der Waals surface area contributed by atoms with E-state index in [1.807, 2.05) is 62.9 Å². The molecule has 1 fully saturated rings. The third-order valence-corrected chi connectivity index (χ3v) is 9.51. The summed E-state index contributed by atoms with van der Waals surface area (Å²) >= 11 is 0. The molecule has 1 saturated heterocycles. The van der Waals surface area contributed by atoms with Gasteiger partial charge >= 0.3 is 6.09 Å². The minimum atomic E-state index is -0.586. The van der Waals surface area contributed by atoms with E-state index >= 15 is 0 Å². The smallest absolute Gasteiger partial charge is 0.410 e. The van der Waals surface area contributed by atoms with E-state index in [2.05, 4.69) is 30.3 Å². The molecule has 5 rings (SSSR count). The first kappa shape index (κ1) is 38.9. The summed E-state index contributed by atoms with van der Waals surface area (Å²) in [7, 11) is 3.33. The van der Waals surface area contributed by atoms with Gasteiger partial charge in [0.05, 0.1) is 39.6 Å². The lowest BCUT2D eigenvalue weighted by Crippen LogP contribution is -2.48. The van der Waals surface area contributed by atoms with E-state index in [4.69, 9.17) is 28.4 Å². The number of ether oxygens (including phenoxy) is 6. The van der Waals surface area contributed by atoms with Crippen LogP contribution in [0, 0.1) is 6.92 Å². The van der Waals surface area contributed by atoms with E-state index in [0.717, 1.165) is 71.7 Å². The van der Waals surface area contributed by atoms with Crippen LogP contribution >= 0.6 is 0 Å². The number of nitrogens with zero attached hydrogens (tertiary/aromatic N) is 2. The lowest BCUT2D eigenvalue weighted by Gasteiger charge is -2.39. The van der Waals surface area contributed by atoms with E-state index < -0.39 is 5.60 Å². The fourth-order valence-corrected chi connectivity index (χ4v) is 6.80. The lowest BCUT2D eigenvalue weighted by atomic mass is 9.87. The monoisotopic (exact) mass is 716 g/mol. The first-order valence-corrected chi connectivity index (χ1v) is 18.6. The van der Waals surface area contributed by atoms with Crippen molar-refractivity contribution in [3.8, 4) is 17.2 Å². The first-order valence-electron chi connectivity index (χ1n) is 18.6. The average molecular weight is 717 g/mol. The molecular weight excluding hydrogens is 660 g/mol. The van der Waals surface area contributed by atoms with Crippen LogP contribution in [0.15, 0.2) is 60.7 Å². The summed E-state index contributed by atoms with van der Waals surface area (Å²) in [6, 6.07) is 20.4. The molecule has 0 bridgehead atoms. The maximum atomic E-state index is 13.1. The number of methoxy groups -OCH3 is 2. The summed E-state index contributed by atoms with van der Waals surface area (Å²) in [4.78, 5) is 29.6. The van der Waals surface area contributed by atoms with Crippen LogP contribution in [0.5, 0.6) is 17.2 Å². The second-order valence-electron chi connectivity index (χ2n) is 14.6. The SMILES string of the molecule is COCCCN1C(=O)CCc2ccc(COC3CN(C(=O)OC(C)(C)C)CCC3c3ccc(OCCCCOc4c(C)cccc4OC)cc3)cc21. The molecule has 0 radical (unpaired) electrons. The average Bonchev–Trinajstić information content (AvgIpc) is 3.13. The van der Waals surface area contributed by atoms with Gasteiger partial charge in [0.1, 0.15) is 11.4 Å². The normalized spacial score (nSPS) is 17.5. The molecule has 3 aromatic carbocycles. The highest BCUT2D eigenvalue weighted by atomic mass is 16.6. The molecule has 0 aromatic heterocycles. The molecule has 0 saturated carbocycles. The van der Waals surface area contributed by atoms with Crippen molar-refractivity contribution >= 4 is 17.7 Å². The fraction of sp³-hybridized carbons (Fsp3) is 0.524. The summed E-state index contributed by atoms with van der Waals surface area (Å²) in [6.07, 6.45) is 3.90. The number of amides is 2. The van der Waals surface area contributed by atoms with Gasteiger partial charge in [0, 0.05) is 44.8 Å². The summed E-state index contributed by atoms with van der Waals surface area (Å²) < 4.78 is 35.1. The largest absolute Gasteiger partial charge is 0.494 e. The summed E-state index contributed by atoms with van der Waals surface area (Å²) in [6.45, 7) is 11.4. The molecule has 2 aliphatic rings. The Bertz CT molecular complexity index is 1620. The van der Waals surface area contributed by atoms with Gasteiger partial charge in [-0.25, -0.2) is 4.79 Å². The van der Waals surface area contributed by atoms with Crippen molar-refractivity contribution in [3.63, 3.8) is 0 Å². The molecule has 0 aliphatic carbocycles. The van der Waals surface area contributed by atoms with Crippen molar-refractivity contribution in [3.05, 3.63) is 82.9 Å². The summed E-state index contributed by atoms with van der Waals surface area (Å²) in [5.74, 6) is 2.57. The zero-order valence-corrected chi connectivity index (χ0v) is 31.8. The van der Waals surface area contributed by atoms with E-state index in [1.54, 1.807) is 19.1 Å². The molecule has 282 valence electrons. The quantitative estimate of drug-likeness (QED) is 0.138. The van der Waals surface area contributed by atoms with Gasteiger partial charge < -0.3 is 38.2 Å². The Kier molecular flexibility index (Phi) is 13.8. The van der Waals surface area contributed by atoms with Gasteiger partial charge in [-0.3, -0.25) is 4.79 Å². The molecule has 10 nitrogen and oxygen atoms in total. The number of carbonyl (C=O) groups is 2. The standard InChI is InChI=1S/C42H56N2O8/c1-30-11-9-12-37(48-6)40(30)50-26-8-7-25-49-34-18-15-32(16-19-34)35-21-23-43(41(46)52-42(2,3)4)28-38(35)51-29-31-13-14-33-17-20-39(45)44(36(33)27-31)22-10-24-47-5/h9,11-16,18-19,27,35,38H,7-8,10,17,20-26,28-29H2,1-6H3. The first-order chi connectivity index (χ1) is 25.1. The number of hydrogen-bond donors (Lipinski definition) is 0. The molecule has 2 aliphatic heterocycles. The number of likely N-dealkylation sites (tertiary alicyclic amines) is 1. The fourth-order valence-electron chi connectivity index (χ4n) is 6.80. The zero-order chi connectivity index (χ0) is 37.1. The Hall–Kier alpha value is -4.28. The lowest BCUT2D eigenvalue weighted by molar-refractivity contribution is -0.118. The van der Waals surface area contributed by atoms with Crippen molar-refractivity contribution in [2.45, 2.75) is 90.4 Å². The summed E-state index contributed by atoms with van der Waals surface area (Å²) in [5.41, 5.74) is 4.73. The second kappa shape index (κ2) is 18.5. The van der Waals surface area contributed by atoms with Crippen LogP contribution in [-0.4, -0.2) is 82.3 Å². The van der Waals surface area contributed by atoms with E-state index in [0.29, 0.717) is 52.5 Å². The zero-order valence-electron chi connectivity index (χ0n) is 31.8. The van der Waals surface area contributed by atoms with E-state index in [9.17, 15) is 9.59 Å². The van der Waals surface area contributed by atoms with Crippen molar-refractivity contribution in [1.82, 2.24) is 4.90 Å². The molecule has 3 aromatic rings. The van der Waals surface area contributed by atoms with E-state index in [-0.39, 0.29) is 24.0 Å². The predicted molar refractivity (Wildman–Crippen MR) is 202 cm³/mol. The van der Waals surface area contributed by atoms with Crippen LogP contribution in [0.3, 0.4) is 0 Å². The number of fused-ring (bicyclic) bond motifs is 1. The highest BCUT2D eigenvalue weighted by Crippen LogP contribution is 2.35. The maximum absolute atomic E-state index is 13.1. The molecule has 2 atom stereocenters. The number of benzene rings is 3. The molecular formula is C42H56N2O8. The van der Waals surface area contributed by atoms with Crippen LogP contribution in [0.2, 0.25) is 0 Å². The van der Waals surface area contributed by atoms with Gasteiger partial charge in [0.25, 0.3) is 0 Å². The number of para-hydroxylation sites is 1. The van der Waals surface area contributed by atoms with Crippen LogP contribution in [0.25, 0.3) is 0 Å². The van der Waals surface area contributed by atoms with Crippen molar-refractivity contribution in [1.29, 1.82) is 0 Å². The number of unbranched alkanes of at least 4 members (excludes halogenated alkanes) is 1. The van der Waals surface area contributed by atoms with Gasteiger partial charge in [-0.1, -0.05) is 36.4 Å². The number of anilines is 1. The van der Waals surface area contributed by atoms with Gasteiger partial charge in [0.15, 0.2) is 11.5 Å². The minimum absolute atomic E-state index is 0.0769. The van der Waals surface area contributed by atoms with Crippen molar-refractivity contribution in [2.24, 2.45) is 0 Å². The third-order valence-electron chi connectivity index (χ3n) is 9.51. The van der Waals surface area contributed by atoms with Crippen molar-refractivity contribution in [2.75, 3.05) is 58.6 Å². The Morgan fingerprint density at radius 1 is 0.904 bits per heavy atom. The van der Waals surface area contributed by atoms with Gasteiger partial charge in [-0.2, -0.15) is 0 Å². The van der Waals surface area contributed by atoms with Crippen molar-refractivity contribution < 1.29 is 38.0 Å².